The van der Waals surface area contributed by atoms with Gasteiger partial charge < -0.3 is 29.2 Å². The maximum absolute atomic E-state index is 12.9. The molecule has 12 heteroatoms. The molecule has 3 aliphatic rings. The first kappa shape index (κ1) is 26.4. The number of amides is 4. The highest BCUT2D eigenvalue weighted by Crippen LogP contribution is 2.36. The van der Waals surface area contributed by atoms with E-state index in [2.05, 4.69) is 5.32 Å². The highest BCUT2D eigenvalue weighted by Gasteiger charge is 2.37. The van der Waals surface area contributed by atoms with E-state index in [0.717, 1.165) is 16.7 Å². The van der Waals surface area contributed by atoms with Crippen LogP contribution in [0.3, 0.4) is 0 Å². The number of carbonyl (C=O) groups excluding carboxylic acids is 4. The summed E-state index contributed by atoms with van der Waals surface area (Å²) in [7, 11) is 3.05. The van der Waals surface area contributed by atoms with Gasteiger partial charge in [-0.05, 0) is 47.7 Å². The Hall–Kier alpha value is -4.19. The lowest BCUT2D eigenvalue weighted by atomic mass is 10.1. The minimum atomic E-state index is -0.550. The SMILES string of the molecule is COc1ccc(C=C2SC(=O)N(CCNC(=O)C3CC(=O)N(c4ccc5c(c4)OCCO5)C3)C2=O)cc1OC. The first-order chi connectivity index (χ1) is 18.9. The Morgan fingerprint density at radius 1 is 1.05 bits per heavy atom. The van der Waals surface area contributed by atoms with Crippen LogP contribution in [0.1, 0.15) is 12.0 Å². The highest BCUT2D eigenvalue weighted by molar-refractivity contribution is 8.18. The number of ether oxygens (including phenoxy) is 4. The molecule has 4 amide bonds. The number of hydrogen-bond donors (Lipinski definition) is 1. The molecular weight excluding hydrogens is 526 g/mol. The summed E-state index contributed by atoms with van der Waals surface area (Å²) in [5.74, 6) is 0.784. The Labute approximate surface area is 229 Å². The molecule has 2 fully saturated rings. The Morgan fingerprint density at radius 2 is 1.82 bits per heavy atom. The summed E-state index contributed by atoms with van der Waals surface area (Å²) in [6.07, 6.45) is 1.68. The van der Waals surface area contributed by atoms with Gasteiger partial charge in [0, 0.05) is 37.8 Å². The number of imide groups is 1. The number of anilines is 1. The molecule has 2 aromatic carbocycles. The standard InChI is InChI=1S/C27H27N3O8S/c1-35-19-5-3-16(11-21(19)36-2)12-23-26(33)29(27(34)39-23)8-7-28-25(32)17-13-24(31)30(15-17)18-4-6-20-22(14-18)38-10-9-37-20/h3-6,11-12,14,17H,7-10,13,15H2,1-2H3,(H,28,32). The fraction of sp³-hybridized carbons (Fsp3) is 0.333. The molecule has 11 nitrogen and oxygen atoms in total. The van der Waals surface area contributed by atoms with Gasteiger partial charge in [-0.3, -0.25) is 24.1 Å². The van der Waals surface area contributed by atoms with Gasteiger partial charge in [0.15, 0.2) is 23.0 Å². The molecule has 0 radical (unpaired) electrons. The average molecular weight is 554 g/mol. The zero-order valence-corrected chi connectivity index (χ0v) is 22.2. The number of nitrogens with one attached hydrogen (secondary N) is 1. The largest absolute Gasteiger partial charge is 0.493 e. The normalized spacial score (nSPS) is 19.6. The lowest BCUT2D eigenvalue weighted by Crippen LogP contribution is -2.40. The van der Waals surface area contributed by atoms with Crippen molar-refractivity contribution in [2.24, 2.45) is 5.92 Å². The number of rotatable bonds is 8. The molecule has 3 heterocycles. The van der Waals surface area contributed by atoms with Crippen LogP contribution in [0.2, 0.25) is 0 Å². The minimum absolute atomic E-state index is 0.0201. The molecule has 0 saturated carbocycles. The predicted molar refractivity (Wildman–Crippen MR) is 143 cm³/mol. The van der Waals surface area contributed by atoms with Crippen LogP contribution < -0.4 is 29.2 Å². The Bertz CT molecular complexity index is 1360. The molecule has 39 heavy (non-hydrogen) atoms. The molecular formula is C27H27N3O8S. The van der Waals surface area contributed by atoms with Crippen molar-refractivity contribution in [2.45, 2.75) is 6.42 Å². The van der Waals surface area contributed by atoms with E-state index in [1.165, 1.54) is 14.2 Å². The third kappa shape index (κ3) is 5.51. The van der Waals surface area contributed by atoms with Crippen molar-refractivity contribution in [1.29, 1.82) is 0 Å². The Balaban J connectivity index is 1.15. The molecule has 1 atom stereocenters. The molecule has 204 valence electrons. The molecule has 3 aliphatic heterocycles. The zero-order valence-electron chi connectivity index (χ0n) is 21.4. The average Bonchev–Trinajstić information content (AvgIpc) is 3.47. The van der Waals surface area contributed by atoms with E-state index in [0.29, 0.717) is 47.5 Å². The summed E-state index contributed by atoms with van der Waals surface area (Å²) in [6, 6.07) is 10.4. The molecule has 1 N–H and O–H groups in total. The number of carbonyl (C=O) groups is 4. The molecule has 2 saturated heterocycles. The molecule has 1 unspecified atom stereocenters. The summed E-state index contributed by atoms with van der Waals surface area (Å²) in [5.41, 5.74) is 1.32. The molecule has 0 spiro atoms. The van der Waals surface area contributed by atoms with Gasteiger partial charge in [0.2, 0.25) is 11.8 Å². The van der Waals surface area contributed by atoms with Crippen molar-refractivity contribution in [3.8, 4) is 23.0 Å². The van der Waals surface area contributed by atoms with Gasteiger partial charge >= 0.3 is 0 Å². The molecule has 0 aliphatic carbocycles. The lowest BCUT2D eigenvalue weighted by molar-refractivity contribution is -0.127. The van der Waals surface area contributed by atoms with E-state index in [4.69, 9.17) is 18.9 Å². The van der Waals surface area contributed by atoms with E-state index < -0.39 is 17.1 Å². The van der Waals surface area contributed by atoms with Crippen LogP contribution in [0.25, 0.3) is 6.08 Å². The van der Waals surface area contributed by atoms with Crippen LogP contribution in [0.4, 0.5) is 10.5 Å². The maximum atomic E-state index is 12.9. The molecule has 2 aromatic rings. The van der Waals surface area contributed by atoms with E-state index >= 15 is 0 Å². The van der Waals surface area contributed by atoms with Gasteiger partial charge in [-0.15, -0.1) is 0 Å². The number of benzene rings is 2. The third-order valence-corrected chi connectivity index (χ3v) is 7.45. The summed E-state index contributed by atoms with van der Waals surface area (Å²) < 4.78 is 21.6. The maximum Gasteiger partial charge on any atom is 0.293 e. The first-order valence-corrected chi connectivity index (χ1v) is 13.1. The quantitative estimate of drug-likeness (QED) is 0.492. The van der Waals surface area contributed by atoms with Crippen LogP contribution in [0.15, 0.2) is 41.3 Å². The van der Waals surface area contributed by atoms with Crippen molar-refractivity contribution >= 4 is 46.5 Å². The van der Waals surface area contributed by atoms with Crippen molar-refractivity contribution < 1.29 is 38.1 Å². The van der Waals surface area contributed by atoms with Crippen LogP contribution >= 0.6 is 11.8 Å². The summed E-state index contributed by atoms with van der Waals surface area (Å²) in [5, 5.41) is 2.34. The van der Waals surface area contributed by atoms with Crippen LogP contribution in [-0.2, 0) is 14.4 Å². The topological polar surface area (TPSA) is 124 Å². The fourth-order valence-electron chi connectivity index (χ4n) is 4.55. The van der Waals surface area contributed by atoms with Gasteiger partial charge in [-0.1, -0.05) is 6.07 Å². The predicted octanol–water partition coefficient (Wildman–Crippen LogP) is 2.68. The van der Waals surface area contributed by atoms with Gasteiger partial charge in [0.25, 0.3) is 11.1 Å². The van der Waals surface area contributed by atoms with E-state index in [-0.39, 0.29) is 42.8 Å². The lowest BCUT2D eigenvalue weighted by Gasteiger charge is -2.22. The number of thioether (sulfide) groups is 1. The summed E-state index contributed by atoms with van der Waals surface area (Å²) in [4.78, 5) is 53.7. The first-order valence-electron chi connectivity index (χ1n) is 12.3. The number of methoxy groups -OCH3 is 2. The minimum Gasteiger partial charge on any atom is -0.493 e. The second kappa shape index (κ2) is 11.3. The van der Waals surface area contributed by atoms with Crippen LogP contribution in [0.5, 0.6) is 23.0 Å². The van der Waals surface area contributed by atoms with Crippen molar-refractivity contribution in [1.82, 2.24) is 10.2 Å². The zero-order chi connectivity index (χ0) is 27.5. The smallest absolute Gasteiger partial charge is 0.293 e. The summed E-state index contributed by atoms with van der Waals surface area (Å²) in [6.45, 7) is 1.23. The second-order valence-corrected chi connectivity index (χ2v) is 9.97. The summed E-state index contributed by atoms with van der Waals surface area (Å²) >= 11 is 0.835. The monoisotopic (exact) mass is 553 g/mol. The van der Waals surface area contributed by atoms with E-state index in [1.54, 1.807) is 47.4 Å². The van der Waals surface area contributed by atoms with Crippen molar-refractivity contribution in [2.75, 3.05) is 52.0 Å². The second-order valence-electron chi connectivity index (χ2n) is 8.97. The van der Waals surface area contributed by atoms with Crippen molar-refractivity contribution in [3.05, 3.63) is 46.9 Å². The van der Waals surface area contributed by atoms with E-state index in [9.17, 15) is 19.2 Å². The third-order valence-electron chi connectivity index (χ3n) is 6.55. The van der Waals surface area contributed by atoms with Gasteiger partial charge in [0.05, 0.1) is 25.0 Å². The molecule has 5 rings (SSSR count). The van der Waals surface area contributed by atoms with Gasteiger partial charge in [-0.2, -0.15) is 0 Å². The van der Waals surface area contributed by atoms with Gasteiger partial charge in [-0.25, -0.2) is 0 Å². The van der Waals surface area contributed by atoms with E-state index in [1.807, 2.05) is 0 Å². The van der Waals surface area contributed by atoms with Gasteiger partial charge in [0.1, 0.15) is 13.2 Å². The molecule has 0 bridgehead atoms. The van der Waals surface area contributed by atoms with Crippen LogP contribution in [0, 0.1) is 5.92 Å². The Morgan fingerprint density at radius 3 is 2.59 bits per heavy atom. The van der Waals surface area contributed by atoms with Crippen LogP contribution in [-0.4, -0.2) is 74.9 Å². The highest BCUT2D eigenvalue weighted by atomic mass is 32.2. The number of hydrogen-bond acceptors (Lipinski definition) is 9. The Kier molecular flexibility index (Phi) is 7.64. The number of fused-ring (bicyclic) bond motifs is 1. The van der Waals surface area contributed by atoms with Crippen molar-refractivity contribution in [3.63, 3.8) is 0 Å². The fourth-order valence-corrected chi connectivity index (χ4v) is 5.42. The number of nitrogens with zero attached hydrogens (tertiary/aromatic N) is 2. The molecule has 0 aromatic heterocycles.